The Morgan fingerprint density at radius 3 is 2.21 bits per heavy atom. The van der Waals surface area contributed by atoms with Gasteiger partial charge in [-0.15, -0.1) is 0 Å². The van der Waals surface area contributed by atoms with Crippen molar-refractivity contribution in [2.24, 2.45) is 0 Å². The number of nitrogens with zero attached hydrogens (tertiary/aromatic N) is 2. The lowest BCUT2D eigenvalue weighted by atomic mass is 10.0. The topological polar surface area (TPSA) is 63.0 Å². The van der Waals surface area contributed by atoms with Crippen molar-refractivity contribution in [3.8, 4) is 0 Å². The molecule has 29 heavy (non-hydrogen) atoms. The Labute approximate surface area is 176 Å². The van der Waals surface area contributed by atoms with Gasteiger partial charge in [0.1, 0.15) is 17.6 Å². The van der Waals surface area contributed by atoms with E-state index < -0.39 is 6.04 Å². The maximum Gasteiger partial charge on any atom is 0.328 e. The fraction of sp³-hybridized carbons (Fsp3) is 0.455. The lowest BCUT2D eigenvalue weighted by Crippen LogP contribution is -2.51. The SMILES string of the molecule is CCOC(=O)[C@H](c1ccc(Cl)cc1)N1CCN(C(=O)c2c(C)oc(C)c2C)CC1. The van der Waals surface area contributed by atoms with Crippen molar-refractivity contribution in [1.29, 1.82) is 0 Å². The number of piperazine rings is 1. The molecule has 0 N–H and O–H groups in total. The highest BCUT2D eigenvalue weighted by Gasteiger charge is 2.34. The molecule has 2 heterocycles. The van der Waals surface area contributed by atoms with Crippen LogP contribution in [0.1, 0.15) is 46.0 Å². The smallest absolute Gasteiger partial charge is 0.328 e. The predicted octanol–water partition coefficient (Wildman–Crippen LogP) is 3.92. The van der Waals surface area contributed by atoms with E-state index in [0.717, 1.165) is 16.9 Å². The third-order valence-corrected chi connectivity index (χ3v) is 5.69. The van der Waals surface area contributed by atoms with Gasteiger partial charge in [-0.3, -0.25) is 9.69 Å². The Morgan fingerprint density at radius 1 is 1.07 bits per heavy atom. The van der Waals surface area contributed by atoms with Crippen LogP contribution in [0.2, 0.25) is 5.02 Å². The predicted molar refractivity (Wildman–Crippen MR) is 111 cm³/mol. The van der Waals surface area contributed by atoms with Gasteiger partial charge in [-0.05, 0) is 45.4 Å². The molecule has 0 saturated carbocycles. The van der Waals surface area contributed by atoms with E-state index in [1.54, 1.807) is 19.1 Å². The van der Waals surface area contributed by atoms with Gasteiger partial charge in [0.25, 0.3) is 5.91 Å². The molecule has 1 aliphatic heterocycles. The zero-order valence-electron chi connectivity index (χ0n) is 17.3. The first kappa shape index (κ1) is 21.4. The minimum Gasteiger partial charge on any atom is -0.466 e. The second-order valence-electron chi connectivity index (χ2n) is 7.25. The number of benzene rings is 1. The summed E-state index contributed by atoms with van der Waals surface area (Å²) in [5, 5.41) is 0.618. The van der Waals surface area contributed by atoms with Crippen LogP contribution in [0.25, 0.3) is 0 Å². The van der Waals surface area contributed by atoms with Crippen LogP contribution in [-0.2, 0) is 9.53 Å². The average Bonchev–Trinajstić information content (AvgIpc) is 2.95. The standard InChI is InChI=1S/C22H27ClN2O4/c1-5-28-22(27)20(17-6-8-18(23)9-7-17)24-10-12-25(13-11-24)21(26)19-14(2)15(3)29-16(19)4/h6-9,20H,5,10-13H2,1-4H3/t20-/m0/s1. The molecule has 7 heteroatoms. The normalized spacial score (nSPS) is 16.0. The quantitative estimate of drug-likeness (QED) is 0.688. The molecule has 1 aromatic heterocycles. The van der Waals surface area contributed by atoms with Crippen LogP contribution >= 0.6 is 11.6 Å². The van der Waals surface area contributed by atoms with Gasteiger partial charge in [0.2, 0.25) is 0 Å². The van der Waals surface area contributed by atoms with Crippen LogP contribution in [0.5, 0.6) is 0 Å². The Hall–Kier alpha value is -2.31. The lowest BCUT2D eigenvalue weighted by Gasteiger charge is -2.38. The number of hydrogen-bond acceptors (Lipinski definition) is 5. The van der Waals surface area contributed by atoms with Crippen molar-refractivity contribution in [3.05, 3.63) is 57.5 Å². The maximum absolute atomic E-state index is 13.0. The number of furan rings is 1. The molecule has 156 valence electrons. The maximum atomic E-state index is 13.0. The average molecular weight is 419 g/mol. The third kappa shape index (κ3) is 4.49. The number of hydrogen-bond donors (Lipinski definition) is 0. The minimum absolute atomic E-state index is 0.0179. The highest BCUT2D eigenvalue weighted by Crippen LogP contribution is 2.27. The van der Waals surface area contributed by atoms with Crippen LogP contribution in [0.4, 0.5) is 0 Å². The van der Waals surface area contributed by atoms with Gasteiger partial charge in [-0.2, -0.15) is 0 Å². The van der Waals surface area contributed by atoms with Gasteiger partial charge in [0.05, 0.1) is 12.2 Å². The summed E-state index contributed by atoms with van der Waals surface area (Å²) in [5.41, 5.74) is 2.38. The Balaban J connectivity index is 1.75. The first-order valence-electron chi connectivity index (χ1n) is 9.85. The van der Waals surface area contributed by atoms with Gasteiger partial charge in [0, 0.05) is 36.8 Å². The van der Waals surface area contributed by atoms with E-state index in [-0.39, 0.29) is 11.9 Å². The molecule has 3 rings (SSSR count). The van der Waals surface area contributed by atoms with Gasteiger partial charge in [-0.25, -0.2) is 4.79 Å². The summed E-state index contributed by atoms with van der Waals surface area (Å²) in [6.45, 7) is 9.93. The van der Waals surface area contributed by atoms with Crippen LogP contribution < -0.4 is 0 Å². The molecule has 0 aliphatic carbocycles. The van der Waals surface area contributed by atoms with Crippen molar-refractivity contribution in [2.45, 2.75) is 33.7 Å². The summed E-state index contributed by atoms with van der Waals surface area (Å²) in [6.07, 6.45) is 0. The van der Waals surface area contributed by atoms with Crippen LogP contribution in [0, 0.1) is 20.8 Å². The lowest BCUT2D eigenvalue weighted by molar-refractivity contribution is -0.150. The van der Waals surface area contributed by atoms with E-state index in [1.807, 2.05) is 37.8 Å². The molecule has 1 amide bonds. The monoisotopic (exact) mass is 418 g/mol. The fourth-order valence-electron chi connectivity index (χ4n) is 3.81. The number of ether oxygens (including phenoxy) is 1. The summed E-state index contributed by atoms with van der Waals surface area (Å²) in [7, 11) is 0. The number of halogens is 1. The second-order valence-corrected chi connectivity index (χ2v) is 7.69. The van der Waals surface area contributed by atoms with E-state index in [1.165, 1.54) is 0 Å². The first-order valence-corrected chi connectivity index (χ1v) is 10.2. The zero-order chi connectivity index (χ0) is 21.1. The minimum atomic E-state index is -0.510. The number of rotatable bonds is 5. The van der Waals surface area contributed by atoms with E-state index in [9.17, 15) is 9.59 Å². The number of amides is 1. The van der Waals surface area contributed by atoms with Crippen molar-refractivity contribution in [3.63, 3.8) is 0 Å². The molecule has 0 bridgehead atoms. The van der Waals surface area contributed by atoms with Crippen LogP contribution in [0.3, 0.4) is 0 Å². The number of carbonyl (C=O) groups is 2. The molecule has 1 aliphatic rings. The molecule has 2 aromatic rings. The van der Waals surface area contributed by atoms with Crippen LogP contribution in [0.15, 0.2) is 28.7 Å². The molecule has 0 radical (unpaired) electrons. The van der Waals surface area contributed by atoms with Crippen molar-refractivity contribution in [2.75, 3.05) is 32.8 Å². The van der Waals surface area contributed by atoms with Gasteiger partial charge in [0.15, 0.2) is 0 Å². The van der Waals surface area contributed by atoms with Crippen molar-refractivity contribution >= 4 is 23.5 Å². The number of esters is 1. The molecule has 0 spiro atoms. The fourth-order valence-corrected chi connectivity index (χ4v) is 3.94. The van der Waals surface area contributed by atoms with E-state index in [0.29, 0.717) is 49.1 Å². The van der Waals surface area contributed by atoms with Gasteiger partial charge >= 0.3 is 5.97 Å². The highest BCUT2D eigenvalue weighted by molar-refractivity contribution is 6.30. The summed E-state index contributed by atoms with van der Waals surface area (Å²) < 4.78 is 10.9. The molecule has 1 fully saturated rings. The zero-order valence-corrected chi connectivity index (χ0v) is 18.1. The Bertz CT molecular complexity index is 883. The summed E-state index contributed by atoms with van der Waals surface area (Å²) in [4.78, 5) is 29.6. The molecule has 1 atom stereocenters. The van der Waals surface area contributed by atoms with Crippen molar-refractivity contribution < 1.29 is 18.7 Å². The molecule has 6 nitrogen and oxygen atoms in total. The highest BCUT2D eigenvalue weighted by atomic mass is 35.5. The Kier molecular flexibility index (Phi) is 6.65. The molecule has 0 unspecified atom stereocenters. The summed E-state index contributed by atoms with van der Waals surface area (Å²) >= 11 is 6.00. The number of carbonyl (C=O) groups excluding carboxylic acids is 2. The summed E-state index contributed by atoms with van der Waals surface area (Å²) in [6, 6.07) is 6.74. The van der Waals surface area contributed by atoms with Crippen LogP contribution in [-0.4, -0.2) is 54.5 Å². The van der Waals surface area contributed by atoms with Crippen molar-refractivity contribution in [1.82, 2.24) is 9.80 Å². The molecular weight excluding hydrogens is 392 g/mol. The molecule has 1 aromatic carbocycles. The van der Waals surface area contributed by atoms with E-state index in [2.05, 4.69) is 4.90 Å². The van der Waals surface area contributed by atoms with E-state index >= 15 is 0 Å². The first-order chi connectivity index (χ1) is 13.8. The molecular formula is C22H27ClN2O4. The second kappa shape index (κ2) is 9.01. The number of aryl methyl sites for hydroxylation is 2. The largest absolute Gasteiger partial charge is 0.466 e. The van der Waals surface area contributed by atoms with Gasteiger partial charge in [-0.1, -0.05) is 23.7 Å². The Morgan fingerprint density at radius 2 is 1.69 bits per heavy atom. The molecule has 1 saturated heterocycles. The third-order valence-electron chi connectivity index (χ3n) is 5.44. The van der Waals surface area contributed by atoms with E-state index in [4.69, 9.17) is 20.8 Å². The summed E-state index contributed by atoms with van der Waals surface area (Å²) in [5.74, 6) is 1.12. The van der Waals surface area contributed by atoms with Gasteiger partial charge < -0.3 is 14.1 Å².